The summed E-state index contributed by atoms with van der Waals surface area (Å²) in [5.41, 5.74) is 3.44. The zero-order valence-corrected chi connectivity index (χ0v) is 18.3. The minimum Gasteiger partial charge on any atom is -0.487 e. The Morgan fingerprint density at radius 2 is 1.39 bits per heavy atom. The number of ether oxygens (including phenoxy) is 1. The molecule has 0 radical (unpaired) electrons. The molecule has 4 rings (SSSR count). The zero-order valence-electron chi connectivity index (χ0n) is 15.2. The van der Waals surface area contributed by atoms with Crippen molar-refractivity contribution in [2.24, 2.45) is 0 Å². The van der Waals surface area contributed by atoms with Gasteiger partial charge < -0.3 is 10.1 Å². The number of hydrogen-bond donors (Lipinski definition) is 1. The maximum absolute atomic E-state index is 6.01. The third-order valence-corrected chi connectivity index (χ3v) is 5.73. The van der Waals surface area contributed by atoms with Crippen LogP contribution >= 0.6 is 31.9 Å². The predicted molar refractivity (Wildman–Crippen MR) is 124 cm³/mol. The molecular weight excluding hydrogens is 478 g/mol. The number of rotatable bonds is 6. The van der Waals surface area contributed by atoms with Crippen LogP contribution in [-0.2, 0) is 13.2 Å². The molecule has 0 saturated heterocycles. The zero-order chi connectivity index (χ0) is 19.3. The number of hydrogen-bond acceptors (Lipinski definition) is 2. The van der Waals surface area contributed by atoms with Crippen LogP contribution in [0.5, 0.6) is 5.75 Å². The van der Waals surface area contributed by atoms with Crippen molar-refractivity contribution in [3.05, 3.63) is 105 Å². The van der Waals surface area contributed by atoms with Gasteiger partial charge in [-0.25, -0.2) is 0 Å². The molecule has 1 N–H and O–H groups in total. The van der Waals surface area contributed by atoms with E-state index < -0.39 is 0 Å². The van der Waals surface area contributed by atoms with Gasteiger partial charge in [-0.15, -0.1) is 0 Å². The second kappa shape index (κ2) is 8.80. The second-order valence-electron chi connectivity index (χ2n) is 6.54. The maximum Gasteiger partial charge on any atom is 0.148 e. The summed E-state index contributed by atoms with van der Waals surface area (Å²) in [6, 6.07) is 29.1. The fourth-order valence-electron chi connectivity index (χ4n) is 3.16. The Morgan fingerprint density at radius 1 is 0.714 bits per heavy atom. The van der Waals surface area contributed by atoms with Crippen molar-refractivity contribution >= 4 is 48.3 Å². The van der Waals surface area contributed by atoms with E-state index in [1.54, 1.807) is 0 Å². The number of halogens is 2. The molecule has 0 atom stereocenters. The van der Waals surface area contributed by atoms with Gasteiger partial charge in [0.15, 0.2) is 0 Å². The van der Waals surface area contributed by atoms with Crippen LogP contribution in [0.25, 0.3) is 10.8 Å². The van der Waals surface area contributed by atoms with Gasteiger partial charge in [0.05, 0.1) is 8.95 Å². The van der Waals surface area contributed by atoms with Crippen molar-refractivity contribution < 1.29 is 4.74 Å². The molecule has 0 spiro atoms. The first-order valence-corrected chi connectivity index (χ1v) is 10.7. The summed E-state index contributed by atoms with van der Waals surface area (Å²) in [4.78, 5) is 0. The molecule has 140 valence electrons. The molecule has 0 aliphatic rings. The van der Waals surface area contributed by atoms with Gasteiger partial charge in [-0.05, 0) is 66.6 Å². The summed E-state index contributed by atoms with van der Waals surface area (Å²) < 4.78 is 7.89. The third-order valence-electron chi connectivity index (χ3n) is 4.56. The van der Waals surface area contributed by atoms with Crippen molar-refractivity contribution in [3.8, 4) is 5.75 Å². The first kappa shape index (κ1) is 19.0. The quantitative estimate of drug-likeness (QED) is 0.297. The smallest absolute Gasteiger partial charge is 0.148 e. The van der Waals surface area contributed by atoms with Gasteiger partial charge in [-0.3, -0.25) is 0 Å². The van der Waals surface area contributed by atoms with Crippen molar-refractivity contribution in [2.75, 3.05) is 5.32 Å². The van der Waals surface area contributed by atoms with E-state index in [0.29, 0.717) is 6.61 Å². The Kier molecular flexibility index (Phi) is 5.98. The summed E-state index contributed by atoms with van der Waals surface area (Å²) in [5.74, 6) is 0.817. The fourth-order valence-corrected chi connectivity index (χ4v) is 4.67. The van der Waals surface area contributed by atoms with Crippen molar-refractivity contribution in [1.82, 2.24) is 0 Å². The van der Waals surface area contributed by atoms with Gasteiger partial charge in [0, 0.05) is 17.6 Å². The van der Waals surface area contributed by atoms with Crippen LogP contribution in [0.2, 0.25) is 0 Å². The van der Waals surface area contributed by atoms with Gasteiger partial charge in [0.2, 0.25) is 0 Å². The van der Waals surface area contributed by atoms with Crippen LogP contribution in [0.3, 0.4) is 0 Å². The van der Waals surface area contributed by atoms with Gasteiger partial charge in [-0.2, -0.15) is 0 Å². The predicted octanol–water partition coefficient (Wildman–Crippen LogP) is 7.56. The Balaban J connectivity index is 1.48. The summed E-state index contributed by atoms with van der Waals surface area (Å²) in [6.45, 7) is 1.26. The van der Waals surface area contributed by atoms with Gasteiger partial charge in [0.1, 0.15) is 12.4 Å². The van der Waals surface area contributed by atoms with E-state index in [1.165, 1.54) is 16.3 Å². The molecule has 2 nitrogen and oxygen atoms in total. The number of nitrogens with one attached hydrogen (secondary N) is 1. The van der Waals surface area contributed by atoms with Gasteiger partial charge >= 0.3 is 0 Å². The number of benzene rings is 4. The summed E-state index contributed by atoms with van der Waals surface area (Å²) in [7, 11) is 0. The number of fused-ring (bicyclic) bond motifs is 1. The lowest BCUT2D eigenvalue weighted by molar-refractivity contribution is 0.302. The molecule has 4 heteroatoms. The average molecular weight is 497 g/mol. The van der Waals surface area contributed by atoms with E-state index in [4.69, 9.17) is 4.74 Å². The van der Waals surface area contributed by atoms with Gasteiger partial charge in [-0.1, -0.05) is 66.7 Å². The van der Waals surface area contributed by atoms with Crippen LogP contribution in [0.4, 0.5) is 5.69 Å². The molecule has 0 unspecified atom stereocenters. The minimum absolute atomic E-state index is 0.533. The maximum atomic E-state index is 6.01. The molecule has 0 aliphatic carbocycles. The Labute approximate surface area is 181 Å². The summed E-state index contributed by atoms with van der Waals surface area (Å²) in [5, 5.41) is 6.02. The highest BCUT2D eigenvalue weighted by atomic mass is 79.9. The third kappa shape index (κ3) is 4.40. The molecule has 0 fully saturated rings. The lowest BCUT2D eigenvalue weighted by Crippen LogP contribution is -2.02. The molecule has 0 aliphatic heterocycles. The largest absolute Gasteiger partial charge is 0.487 e. The Hall–Kier alpha value is -2.30. The summed E-state index contributed by atoms with van der Waals surface area (Å²) >= 11 is 7.31. The van der Waals surface area contributed by atoms with E-state index in [9.17, 15) is 0 Å². The molecule has 28 heavy (non-hydrogen) atoms. The second-order valence-corrected chi connectivity index (χ2v) is 8.25. The van der Waals surface area contributed by atoms with Crippen LogP contribution in [0.15, 0.2) is 93.9 Å². The van der Waals surface area contributed by atoms with Crippen molar-refractivity contribution in [3.63, 3.8) is 0 Å². The standard InChI is InChI=1S/C24H19Br2NO/c25-21-13-18(14-22(26)24(21)28-16-17-7-2-1-3-8-17)15-27-23-12-6-10-19-9-4-5-11-20(19)23/h1-14,27H,15-16H2. The lowest BCUT2D eigenvalue weighted by atomic mass is 10.1. The monoisotopic (exact) mass is 495 g/mol. The van der Waals surface area contributed by atoms with Crippen LogP contribution < -0.4 is 10.1 Å². The molecule has 0 bridgehead atoms. The highest BCUT2D eigenvalue weighted by Gasteiger charge is 2.10. The van der Waals surface area contributed by atoms with E-state index >= 15 is 0 Å². The Morgan fingerprint density at radius 3 is 2.18 bits per heavy atom. The summed E-state index contributed by atoms with van der Waals surface area (Å²) in [6.07, 6.45) is 0. The Bertz CT molecular complexity index is 1070. The van der Waals surface area contributed by atoms with Crippen LogP contribution in [0.1, 0.15) is 11.1 Å². The fraction of sp³-hybridized carbons (Fsp3) is 0.0833. The van der Waals surface area contributed by atoms with Crippen molar-refractivity contribution in [1.29, 1.82) is 0 Å². The van der Waals surface area contributed by atoms with Gasteiger partial charge in [0.25, 0.3) is 0 Å². The molecule has 0 saturated carbocycles. The van der Waals surface area contributed by atoms with Crippen molar-refractivity contribution in [2.45, 2.75) is 13.2 Å². The van der Waals surface area contributed by atoms with E-state index in [-0.39, 0.29) is 0 Å². The molecular formula is C24H19Br2NO. The van der Waals surface area contributed by atoms with Crippen LogP contribution in [0, 0.1) is 0 Å². The molecule has 0 amide bonds. The van der Waals surface area contributed by atoms with E-state index in [2.05, 4.69) is 104 Å². The normalized spacial score (nSPS) is 10.8. The molecule has 0 aromatic heterocycles. The van der Waals surface area contributed by atoms with E-state index in [1.807, 2.05) is 18.2 Å². The molecule has 4 aromatic rings. The lowest BCUT2D eigenvalue weighted by Gasteiger charge is -2.14. The SMILES string of the molecule is Brc1cc(CNc2cccc3ccccc23)cc(Br)c1OCc1ccccc1. The molecule has 0 heterocycles. The highest BCUT2D eigenvalue weighted by molar-refractivity contribution is 9.11. The first-order chi connectivity index (χ1) is 13.7. The molecule has 4 aromatic carbocycles. The number of anilines is 1. The minimum atomic E-state index is 0.533. The van der Waals surface area contributed by atoms with Crippen LogP contribution in [-0.4, -0.2) is 0 Å². The topological polar surface area (TPSA) is 21.3 Å². The average Bonchev–Trinajstić information content (AvgIpc) is 2.72. The highest BCUT2D eigenvalue weighted by Crippen LogP contribution is 2.35. The van der Waals surface area contributed by atoms with E-state index in [0.717, 1.165) is 32.5 Å². The first-order valence-electron chi connectivity index (χ1n) is 9.07.